The molecule has 1 aliphatic rings. The number of carbonyl (C=O) groups is 1. The Bertz CT molecular complexity index is 251. The van der Waals surface area contributed by atoms with Crippen molar-refractivity contribution < 1.29 is 14.6 Å². The molecule has 0 heterocycles. The van der Waals surface area contributed by atoms with E-state index < -0.39 is 5.54 Å². The fraction of sp³-hybridized carbons (Fsp3) is 0.929. The van der Waals surface area contributed by atoms with Crippen molar-refractivity contribution in [2.24, 2.45) is 0 Å². The van der Waals surface area contributed by atoms with E-state index in [-0.39, 0.29) is 12.6 Å². The lowest BCUT2D eigenvalue weighted by Gasteiger charge is -2.34. The van der Waals surface area contributed by atoms with Gasteiger partial charge in [0.05, 0.1) is 6.61 Å². The molecule has 4 nitrogen and oxygen atoms in total. The minimum absolute atomic E-state index is 0.112. The van der Waals surface area contributed by atoms with Crippen LogP contribution in [0.25, 0.3) is 0 Å². The van der Waals surface area contributed by atoms with Crippen LogP contribution in [-0.2, 0) is 9.53 Å². The molecule has 0 saturated heterocycles. The topological polar surface area (TPSA) is 58.6 Å². The number of ether oxygens (including phenoxy) is 1. The molecule has 1 aliphatic carbocycles. The maximum absolute atomic E-state index is 12.1. The van der Waals surface area contributed by atoms with Crippen LogP contribution < -0.4 is 5.32 Å². The Labute approximate surface area is 110 Å². The number of esters is 1. The summed E-state index contributed by atoms with van der Waals surface area (Å²) in [7, 11) is 0. The Morgan fingerprint density at radius 2 is 2.06 bits per heavy atom. The highest BCUT2D eigenvalue weighted by molar-refractivity contribution is 5.80. The van der Waals surface area contributed by atoms with Crippen LogP contribution in [0.1, 0.15) is 58.8 Å². The molecule has 0 bridgehead atoms. The van der Waals surface area contributed by atoms with E-state index in [2.05, 4.69) is 5.32 Å². The summed E-state index contributed by atoms with van der Waals surface area (Å²) in [5, 5.41) is 12.4. The molecule has 1 saturated carbocycles. The monoisotopic (exact) mass is 257 g/mol. The molecule has 0 amide bonds. The van der Waals surface area contributed by atoms with E-state index in [1.807, 2.05) is 13.8 Å². The molecule has 2 N–H and O–H groups in total. The van der Waals surface area contributed by atoms with E-state index in [1.54, 1.807) is 0 Å². The van der Waals surface area contributed by atoms with Gasteiger partial charge < -0.3 is 9.84 Å². The van der Waals surface area contributed by atoms with Crippen molar-refractivity contribution in [2.45, 2.75) is 70.4 Å². The molecular formula is C14H27NO3. The largest absolute Gasteiger partial charge is 0.465 e. The number of aliphatic hydroxyl groups excluding tert-OH is 1. The zero-order valence-corrected chi connectivity index (χ0v) is 11.7. The molecule has 0 aliphatic heterocycles. The summed E-state index contributed by atoms with van der Waals surface area (Å²) in [6.45, 7) is 4.24. The predicted molar refractivity (Wildman–Crippen MR) is 71.4 cm³/mol. The molecule has 106 valence electrons. The Morgan fingerprint density at radius 1 is 1.39 bits per heavy atom. The van der Waals surface area contributed by atoms with Gasteiger partial charge in [0.25, 0.3) is 0 Å². The average Bonchev–Trinajstić information content (AvgIpc) is 2.38. The van der Waals surface area contributed by atoms with Crippen molar-refractivity contribution in [1.82, 2.24) is 5.32 Å². The van der Waals surface area contributed by atoms with E-state index in [9.17, 15) is 4.79 Å². The molecule has 1 unspecified atom stereocenters. The molecule has 1 fully saturated rings. The highest BCUT2D eigenvalue weighted by atomic mass is 16.5. The van der Waals surface area contributed by atoms with Crippen molar-refractivity contribution in [3.05, 3.63) is 0 Å². The van der Waals surface area contributed by atoms with Crippen LogP contribution in [0.3, 0.4) is 0 Å². The van der Waals surface area contributed by atoms with Crippen LogP contribution in [0.4, 0.5) is 0 Å². The normalized spacial score (nSPS) is 20.4. The van der Waals surface area contributed by atoms with Crippen LogP contribution in [0.2, 0.25) is 0 Å². The molecule has 0 aromatic heterocycles. The average molecular weight is 257 g/mol. The lowest BCUT2D eigenvalue weighted by atomic mass is 9.89. The molecular weight excluding hydrogens is 230 g/mol. The molecule has 1 atom stereocenters. The number of aliphatic hydroxyl groups is 1. The molecule has 0 aromatic carbocycles. The third kappa shape index (κ3) is 4.58. The second-order valence-corrected chi connectivity index (χ2v) is 5.36. The van der Waals surface area contributed by atoms with Gasteiger partial charge in [-0.15, -0.1) is 0 Å². The molecule has 18 heavy (non-hydrogen) atoms. The first-order valence-electron chi connectivity index (χ1n) is 7.18. The fourth-order valence-electron chi connectivity index (χ4n) is 2.65. The van der Waals surface area contributed by atoms with E-state index in [4.69, 9.17) is 9.84 Å². The predicted octanol–water partition coefficient (Wildman–Crippen LogP) is 2.00. The minimum Gasteiger partial charge on any atom is -0.465 e. The molecule has 0 aromatic rings. The molecule has 1 rings (SSSR count). The van der Waals surface area contributed by atoms with Gasteiger partial charge in [-0.2, -0.15) is 0 Å². The lowest BCUT2D eigenvalue weighted by Crippen LogP contribution is -2.55. The van der Waals surface area contributed by atoms with Crippen LogP contribution in [0.15, 0.2) is 0 Å². The van der Waals surface area contributed by atoms with Crippen molar-refractivity contribution in [3.8, 4) is 0 Å². The summed E-state index contributed by atoms with van der Waals surface area (Å²) >= 11 is 0. The van der Waals surface area contributed by atoms with Gasteiger partial charge >= 0.3 is 5.97 Å². The number of hydrogen-bond acceptors (Lipinski definition) is 4. The van der Waals surface area contributed by atoms with Crippen LogP contribution in [0, 0.1) is 0 Å². The highest BCUT2D eigenvalue weighted by Crippen LogP contribution is 2.23. The smallest absolute Gasteiger partial charge is 0.326 e. The number of carbonyl (C=O) groups excluding carboxylic acids is 1. The first-order chi connectivity index (χ1) is 8.62. The quantitative estimate of drug-likeness (QED) is 0.685. The van der Waals surface area contributed by atoms with Crippen LogP contribution in [0.5, 0.6) is 0 Å². The van der Waals surface area contributed by atoms with Gasteiger partial charge in [-0.25, -0.2) is 0 Å². The summed E-state index contributed by atoms with van der Waals surface area (Å²) in [5.74, 6) is -0.191. The Kier molecular flexibility index (Phi) is 6.65. The third-order valence-electron chi connectivity index (χ3n) is 3.69. The molecule has 0 radical (unpaired) electrons. The van der Waals surface area contributed by atoms with Crippen LogP contribution >= 0.6 is 0 Å². The van der Waals surface area contributed by atoms with Gasteiger partial charge in [0.1, 0.15) is 5.54 Å². The van der Waals surface area contributed by atoms with Crippen LogP contribution in [-0.4, -0.2) is 35.9 Å². The first kappa shape index (κ1) is 15.4. The second kappa shape index (κ2) is 7.74. The SMILES string of the molecule is CCOC(=O)C(C)(CCCO)NC1CCCCC1. The van der Waals surface area contributed by atoms with Gasteiger partial charge in [0.2, 0.25) is 0 Å². The summed E-state index contributed by atoms with van der Waals surface area (Å²) in [5.41, 5.74) is -0.652. The second-order valence-electron chi connectivity index (χ2n) is 5.36. The Hall–Kier alpha value is -0.610. The number of hydrogen-bond donors (Lipinski definition) is 2. The van der Waals surface area contributed by atoms with Gasteiger partial charge in [-0.1, -0.05) is 19.3 Å². The lowest BCUT2D eigenvalue weighted by molar-refractivity contribution is -0.151. The zero-order valence-electron chi connectivity index (χ0n) is 11.7. The maximum atomic E-state index is 12.1. The summed E-state index contributed by atoms with van der Waals surface area (Å²) in [6.07, 6.45) is 7.27. The van der Waals surface area contributed by atoms with Crippen molar-refractivity contribution >= 4 is 5.97 Å². The first-order valence-corrected chi connectivity index (χ1v) is 7.18. The van der Waals surface area contributed by atoms with Crippen molar-refractivity contribution in [3.63, 3.8) is 0 Å². The summed E-state index contributed by atoms with van der Waals surface area (Å²) in [6, 6.07) is 0.409. The Morgan fingerprint density at radius 3 is 2.61 bits per heavy atom. The standard InChI is InChI=1S/C14H27NO3/c1-3-18-13(17)14(2,10-7-11-16)15-12-8-5-4-6-9-12/h12,15-16H,3-11H2,1-2H3. The maximum Gasteiger partial charge on any atom is 0.326 e. The van der Waals surface area contributed by atoms with Crippen molar-refractivity contribution in [1.29, 1.82) is 0 Å². The number of nitrogens with one attached hydrogen (secondary N) is 1. The van der Waals surface area contributed by atoms with E-state index in [0.717, 1.165) is 12.8 Å². The fourth-order valence-corrected chi connectivity index (χ4v) is 2.65. The van der Waals surface area contributed by atoms with Crippen molar-refractivity contribution in [2.75, 3.05) is 13.2 Å². The van der Waals surface area contributed by atoms with E-state index >= 15 is 0 Å². The van der Waals surface area contributed by atoms with E-state index in [1.165, 1.54) is 19.3 Å². The Balaban J connectivity index is 2.59. The third-order valence-corrected chi connectivity index (χ3v) is 3.69. The highest BCUT2D eigenvalue weighted by Gasteiger charge is 2.36. The minimum atomic E-state index is -0.652. The van der Waals surface area contributed by atoms with E-state index in [0.29, 0.717) is 25.5 Å². The summed E-state index contributed by atoms with van der Waals surface area (Å²) in [4.78, 5) is 12.1. The summed E-state index contributed by atoms with van der Waals surface area (Å²) < 4.78 is 5.16. The molecule has 4 heteroatoms. The number of rotatable bonds is 7. The van der Waals surface area contributed by atoms with Gasteiger partial charge in [0, 0.05) is 12.6 Å². The zero-order chi connectivity index (χ0) is 13.4. The van der Waals surface area contributed by atoms with Gasteiger partial charge in [0.15, 0.2) is 0 Å². The van der Waals surface area contributed by atoms with Gasteiger partial charge in [-0.05, 0) is 39.5 Å². The van der Waals surface area contributed by atoms with Gasteiger partial charge in [-0.3, -0.25) is 10.1 Å². The molecule has 0 spiro atoms.